The van der Waals surface area contributed by atoms with Gasteiger partial charge in [0.25, 0.3) is 0 Å². The van der Waals surface area contributed by atoms with Gasteiger partial charge in [0.1, 0.15) is 12.4 Å². The van der Waals surface area contributed by atoms with E-state index < -0.39 is 5.97 Å². The molecule has 178 valence electrons. The Hall–Kier alpha value is -2.55. The SMILES string of the molecule is Cc1ccc(/C2=C(\COc3ccc(CCCC(=O)O)cc3)CCCCCCCCCC2)cc1. The number of allylic oxidation sites excluding steroid dienone is 1. The Morgan fingerprint density at radius 1 is 0.818 bits per heavy atom. The highest BCUT2D eigenvalue weighted by molar-refractivity contribution is 5.69. The number of hydrogen-bond acceptors (Lipinski definition) is 2. The lowest BCUT2D eigenvalue weighted by molar-refractivity contribution is -0.137. The molecule has 2 aromatic carbocycles. The molecular weight excluding hydrogens is 408 g/mol. The number of aliphatic carboxylic acids is 1. The van der Waals surface area contributed by atoms with Crippen LogP contribution in [-0.2, 0) is 11.2 Å². The molecular formula is C30H40O3. The zero-order valence-electron chi connectivity index (χ0n) is 20.3. The van der Waals surface area contributed by atoms with E-state index in [0.717, 1.165) is 30.6 Å². The summed E-state index contributed by atoms with van der Waals surface area (Å²) in [5.74, 6) is 0.156. The summed E-state index contributed by atoms with van der Waals surface area (Å²) in [6, 6.07) is 17.2. The summed E-state index contributed by atoms with van der Waals surface area (Å²) in [5.41, 5.74) is 6.75. The molecule has 0 heterocycles. The molecule has 0 fully saturated rings. The highest BCUT2D eigenvalue weighted by atomic mass is 16.5. The Morgan fingerprint density at radius 2 is 1.42 bits per heavy atom. The lowest BCUT2D eigenvalue weighted by Crippen LogP contribution is -2.06. The van der Waals surface area contributed by atoms with Gasteiger partial charge in [-0.25, -0.2) is 0 Å². The van der Waals surface area contributed by atoms with Crippen molar-refractivity contribution in [1.29, 1.82) is 0 Å². The van der Waals surface area contributed by atoms with Gasteiger partial charge in [-0.1, -0.05) is 80.5 Å². The van der Waals surface area contributed by atoms with E-state index in [2.05, 4.69) is 43.3 Å². The van der Waals surface area contributed by atoms with E-state index in [1.807, 2.05) is 12.1 Å². The first kappa shape index (κ1) is 25.1. The van der Waals surface area contributed by atoms with Gasteiger partial charge < -0.3 is 9.84 Å². The van der Waals surface area contributed by atoms with Crippen LogP contribution in [-0.4, -0.2) is 17.7 Å². The fourth-order valence-corrected chi connectivity index (χ4v) is 4.66. The highest BCUT2D eigenvalue weighted by Gasteiger charge is 2.12. The minimum absolute atomic E-state index is 0.216. The zero-order chi connectivity index (χ0) is 23.3. The number of hydrogen-bond donors (Lipinski definition) is 1. The normalized spacial score (nSPS) is 18.2. The van der Waals surface area contributed by atoms with Gasteiger partial charge in [0.15, 0.2) is 0 Å². The van der Waals surface area contributed by atoms with Crippen molar-refractivity contribution >= 4 is 11.5 Å². The first-order chi connectivity index (χ1) is 16.1. The van der Waals surface area contributed by atoms with Crippen LogP contribution in [0.2, 0.25) is 0 Å². The number of aryl methyl sites for hydroxylation is 2. The van der Waals surface area contributed by atoms with Crippen LogP contribution in [0.4, 0.5) is 0 Å². The number of ether oxygens (including phenoxy) is 1. The number of carbonyl (C=O) groups is 1. The standard InChI is InChI=1S/C30H40O3/c1-24-15-19-26(20-16-24)29-13-9-7-5-3-2-4-6-8-12-27(29)23-33-28-21-17-25(18-22-28)11-10-14-30(31)32/h15-22H,2-14,23H2,1H3,(H,31,32)/b29-27-. The minimum atomic E-state index is -0.732. The van der Waals surface area contributed by atoms with Crippen LogP contribution in [0.25, 0.3) is 5.57 Å². The molecule has 0 bridgehead atoms. The van der Waals surface area contributed by atoms with Gasteiger partial charge in [-0.05, 0) is 79.9 Å². The summed E-state index contributed by atoms with van der Waals surface area (Å²) in [5, 5.41) is 8.82. The average Bonchev–Trinajstić information content (AvgIpc) is 2.80. The smallest absolute Gasteiger partial charge is 0.303 e. The second-order valence-corrected chi connectivity index (χ2v) is 9.46. The number of benzene rings is 2. The van der Waals surface area contributed by atoms with Gasteiger partial charge in [0.2, 0.25) is 0 Å². The Bertz CT molecular complexity index is 878. The predicted octanol–water partition coefficient (Wildman–Crippen LogP) is 8.15. The van der Waals surface area contributed by atoms with E-state index in [-0.39, 0.29) is 6.42 Å². The number of rotatable bonds is 8. The van der Waals surface area contributed by atoms with E-state index in [9.17, 15) is 4.79 Å². The monoisotopic (exact) mass is 448 g/mol. The molecule has 0 spiro atoms. The van der Waals surface area contributed by atoms with Crippen molar-refractivity contribution in [2.45, 2.75) is 90.4 Å². The molecule has 0 saturated carbocycles. The summed E-state index contributed by atoms with van der Waals surface area (Å²) in [6.45, 7) is 2.79. The van der Waals surface area contributed by atoms with Gasteiger partial charge in [-0.3, -0.25) is 4.79 Å². The lowest BCUT2D eigenvalue weighted by atomic mass is 9.90. The first-order valence-electron chi connectivity index (χ1n) is 12.8. The topological polar surface area (TPSA) is 46.5 Å². The van der Waals surface area contributed by atoms with Crippen molar-refractivity contribution in [2.24, 2.45) is 0 Å². The number of carboxylic acid groups (broad SMARTS) is 1. The third-order valence-corrected chi connectivity index (χ3v) is 6.67. The molecule has 2 aromatic rings. The van der Waals surface area contributed by atoms with E-state index in [0.29, 0.717) is 13.0 Å². The zero-order valence-corrected chi connectivity index (χ0v) is 20.3. The molecule has 1 aliphatic carbocycles. The molecule has 3 nitrogen and oxygen atoms in total. The molecule has 0 atom stereocenters. The van der Waals surface area contributed by atoms with Crippen molar-refractivity contribution in [3.63, 3.8) is 0 Å². The van der Waals surface area contributed by atoms with Crippen molar-refractivity contribution < 1.29 is 14.6 Å². The third kappa shape index (κ3) is 9.07. The highest BCUT2D eigenvalue weighted by Crippen LogP contribution is 2.30. The van der Waals surface area contributed by atoms with Gasteiger partial charge in [-0.15, -0.1) is 0 Å². The molecule has 33 heavy (non-hydrogen) atoms. The maximum absolute atomic E-state index is 10.7. The molecule has 0 aliphatic heterocycles. The molecule has 1 N–H and O–H groups in total. The Balaban J connectivity index is 1.72. The fourth-order valence-electron chi connectivity index (χ4n) is 4.66. The molecule has 0 aromatic heterocycles. The lowest BCUT2D eigenvalue weighted by Gasteiger charge is -2.19. The molecule has 3 heteroatoms. The van der Waals surface area contributed by atoms with Crippen molar-refractivity contribution in [2.75, 3.05) is 6.61 Å². The fraction of sp³-hybridized carbons (Fsp3) is 0.500. The van der Waals surface area contributed by atoms with Crippen LogP contribution in [0.5, 0.6) is 5.75 Å². The van der Waals surface area contributed by atoms with Crippen LogP contribution >= 0.6 is 0 Å². The summed E-state index contributed by atoms with van der Waals surface area (Å²) in [4.78, 5) is 10.7. The van der Waals surface area contributed by atoms with E-state index in [1.54, 1.807) is 0 Å². The number of carboxylic acids is 1. The Morgan fingerprint density at radius 3 is 2.06 bits per heavy atom. The predicted molar refractivity (Wildman–Crippen MR) is 137 cm³/mol. The molecule has 1 aliphatic rings. The average molecular weight is 449 g/mol. The maximum Gasteiger partial charge on any atom is 0.303 e. The van der Waals surface area contributed by atoms with E-state index in [1.165, 1.54) is 73.6 Å². The third-order valence-electron chi connectivity index (χ3n) is 6.67. The van der Waals surface area contributed by atoms with Crippen LogP contribution < -0.4 is 4.74 Å². The van der Waals surface area contributed by atoms with Gasteiger partial charge in [0, 0.05) is 6.42 Å². The van der Waals surface area contributed by atoms with Crippen molar-refractivity contribution in [3.05, 3.63) is 70.8 Å². The summed E-state index contributed by atoms with van der Waals surface area (Å²) < 4.78 is 6.29. The first-order valence-corrected chi connectivity index (χ1v) is 12.8. The second kappa shape index (κ2) is 13.9. The summed E-state index contributed by atoms with van der Waals surface area (Å²) >= 11 is 0. The van der Waals surface area contributed by atoms with Gasteiger partial charge in [-0.2, -0.15) is 0 Å². The van der Waals surface area contributed by atoms with Crippen molar-refractivity contribution in [3.8, 4) is 5.75 Å². The molecule has 0 unspecified atom stereocenters. The van der Waals surface area contributed by atoms with Crippen LogP contribution in [0.3, 0.4) is 0 Å². The Labute approximate surface area is 199 Å². The molecule has 3 rings (SSSR count). The van der Waals surface area contributed by atoms with E-state index >= 15 is 0 Å². The van der Waals surface area contributed by atoms with Gasteiger partial charge >= 0.3 is 5.97 Å². The van der Waals surface area contributed by atoms with Crippen LogP contribution in [0, 0.1) is 6.92 Å². The van der Waals surface area contributed by atoms with Gasteiger partial charge in [0.05, 0.1) is 0 Å². The molecule has 0 radical (unpaired) electrons. The minimum Gasteiger partial charge on any atom is -0.489 e. The summed E-state index contributed by atoms with van der Waals surface area (Å²) in [7, 11) is 0. The quantitative estimate of drug-likeness (QED) is 0.443. The second-order valence-electron chi connectivity index (χ2n) is 9.46. The largest absolute Gasteiger partial charge is 0.489 e. The Kier molecular flexibility index (Phi) is 10.5. The van der Waals surface area contributed by atoms with Crippen molar-refractivity contribution in [1.82, 2.24) is 0 Å². The maximum atomic E-state index is 10.7. The molecule has 0 saturated heterocycles. The van der Waals surface area contributed by atoms with E-state index in [4.69, 9.17) is 9.84 Å². The van der Waals surface area contributed by atoms with Crippen LogP contribution in [0.15, 0.2) is 54.1 Å². The van der Waals surface area contributed by atoms with Crippen LogP contribution in [0.1, 0.15) is 93.7 Å². The molecule has 0 amide bonds. The summed E-state index contributed by atoms with van der Waals surface area (Å²) in [6.07, 6.45) is 14.5.